The van der Waals surface area contributed by atoms with Crippen molar-refractivity contribution in [1.82, 2.24) is 0 Å². The van der Waals surface area contributed by atoms with Gasteiger partial charge in [-0.05, 0) is 43.9 Å². The minimum absolute atomic E-state index is 0.141. The lowest BCUT2D eigenvalue weighted by atomic mass is 9.96. The molecule has 0 aliphatic carbocycles. The lowest BCUT2D eigenvalue weighted by molar-refractivity contribution is -0.165. The number of carbonyl (C=O) groups excluding carboxylic acids is 2. The van der Waals surface area contributed by atoms with Crippen molar-refractivity contribution in [2.75, 3.05) is 13.2 Å². The van der Waals surface area contributed by atoms with Gasteiger partial charge in [0.25, 0.3) is 0 Å². The summed E-state index contributed by atoms with van der Waals surface area (Å²) in [6, 6.07) is 4.28. The van der Waals surface area contributed by atoms with E-state index < -0.39 is 0 Å². The number of rotatable bonds is 7. The normalized spacial score (nSPS) is 19.8. The van der Waals surface area contributed by atoms with Crippen molar-refractivity contribution in [2.45, 2.75) is 72.5 Å². The molecule has 1 heterocycles. The van der Waals surface area contributed by atoms with Gasteiger partial charge in [-0.25, -0.2) is 0 Å². The van der Waals surface area contributed by atoms with Crippen LogP contribution >= 0.6 is 0 Å². The molecule has 1 aliphatic rings. The molecule has 5 nitrogen and oxygen atoms in total. The molecular formula is C22H32O5. The molecule has 0 saturated carbocycles. The number of aryl methyl sites for hydroxylation is 3. The Morgan fingerprint density at radius 2 is 1.85 bits per heavy atom. The van der Waals surface area contributed by atoms with Crippen LogP contribution in [-0.2, 0) is 30.2 Å². The van der Waals surface area contributed by atoms with Gasteiger partial charge in [0.1, 0.15) is 12.7 Å². The molecular weight excluding hydrogens is 344 g/mol. The van der Waals surface area contributed by atoms with E-state index in [4.69, 9.17) is 14.2 Å². The smallest absolute Gasteiger partial charge is 0.308 e. The Balaban J connectivity index is 1.76. The minimum atomic E-state index is -0.223. The number of hydrogen-bond donors (Lipinski definition) is 0. The molecule has 0 N–H and O–H groups in total. The zero-order chi connectivity index (χ0) is 20.0. The minimum Gasteiger partial charge on any atom is -0.463 e. The van der Waals surface area contributed by atoms with E-state index in [1.54, 1.807) is 0 Å². The molecule has 1 aromatic carbocycles. The average Bonchev–Trinajstić information content (AvgIpc) is 2.59. The Hall–Kier alpha value is -1.88. The number of hydrogen-bond acceptors (Lipinski definition) is 5. The molecule has 1 aromatic rings. The largest absolute Gasteiger partial charge is 0.463 e. The molecule has 2 atom stereocenters. The van der Waals surface area contributed by atoms with Gasteiger partial charge < -0.3 is 14.2 Å². The fourth-order valence-corrected chi connectivity index (χ4v) is 3.46. The standard InChI is InChI=1S/C22H32O5/c1-14(2)22(24)27-18-8-9-25-19(12-18)13-26-21(23)7-6-20-16(4)10-15(3)11-17(20)5/h10-11,14,18-19H,6-9,12-13H2,1-5H3. The third-order valence-corrected chi connectivity index (χ3v) is 4.92. The van der Waals surface area contributed by atoms with Crippen LogP contribution in [0.5, 0.6) is 0 Å². The van der Waals surface area contributed by atoms with Gasteiger partial charge in [0, 0.05) is 19.3 Å². The zero-order valence-corrected chi connectivity index (χ0v) is 17.2. The van der Waals surface area contributed by atoms with E-state index in [0.29, 0.717) is 32.3 Å². The maximum Gasteiger partial charge on any atom is 0.308 e. The van der Waals surface area contributed by atoms with E-state index in [1.807, 2.05) is 13.8 Å². The SMILES string of the molecule is Cc1cc(C)c(CCC(=O)OCC2CC(OC(=O)C(C)C)CCO2)c(C)c1. The van der Waals surface area contributed by atoms with E-state index in [9.17, 15) is 9.59 Å². The Kier molecular flexibility index (Phi) is 7.84. The van der Waals surface area contributed by atoms with E-state index >= 15 is 0 Å². The van der Waals surface area contributed by atoms with E-state index in [1.165, 1.54) is 22.3 Å². The summed E-state index contributed by atoms with van der Waals surface area (Å²) < 4.78 is 16.5. The molecule has 2 rings (SSSR count). The van der Waals surface area contributed by atoms with Crippen LogP contribution in [0.4, 0.5) is 0 Å². The highest BCUT2D eigenvalue weighted by atomic mass is 16.6. The predicted molar refractivity (Wildman–Crippen MR) is 104 cm³/mol. The maximum atomic E-state index is 12.1. The molecule has 1 saturated heterocycles. The first-order valence-corrected chi connectivity index (χ1v) is 9.80. The van der Waals surface area contributed by atoms with Gasteiger partial charge in [0.2, 0.25) is 0 Å². The van der Waals surface area contributed by atoms with Crippen LogP contribution in [0.15, 0.2) is 12.1 Å². The number of esters is 2. The van der Waals surface area contributed by atoms with Crippen LogP contribution in [0.2, 0.25) is 0 Å². The lowest BCUT2D eigenvalue weighted by Gasteiger charge is -2.29. The quantitative estimate of drug-likeness (QED) is 0.677. The molecule has 0 aromatic heterocycles. The van der Waals surface area contributed by atoms with Gasteiger partial charge in [-0.3, -0.25) is 9.59 Å². The average molecular weight is 376 g/mol. The maximum absolute atomic E-state index is 12.1. The van der Waals surface area contributed by atoms with Crippen molar-refractivity contribution in [3.05, 3.63) is 34.4 Å². The Morgan fingerprint density at radius 3 is 2.48 bits per heavy atom. The van der Waals surface area contributed by atoms with Crippen molar-refractivity contribution in [3.8, 4) is 0 Å². The number of ether oxygens (including phenoxy) is 3. The second kappa shape index (κ2) is 9.88. The first-order chi connectivity index (χ1) is 12.8. The van der Waals surface area contributed by atoms with Gasteiger partial charge in [0.05, 0.1) is 18.6 Å². The van der Waals surface area contributed by atoms with Gasteiger partial charge in [-0.15, -0.1) is 0 Å². The van der Waals surface area contributed by atoms with Gasteiger partial charge in [-0.2, -0.15) is 0 Å². The molecule has 1 aliphatic heterocycles. The Morgan fingerprint density at radius 1 is 1.19 bits per heavy atom. The monoisotopic (exact) mass is 376 g/mol. The second-order valence-corrected chi connectivity index (χ2v) is 7.79. The second-order valence-electron chi connectivity index (χ2n) is 7.79. The number of carbonyl (C=O) groups is 2. The topological polar surface area (TPSA) is 61.8 Å². The first kappa shape index (κ1) is 21.4. The highest BCUT2D eigenvalue weighted by Gasteiger charge is 2.27. The van der Waals surface area contributed by atoms with E-state index in [2.05, 4.69) is 32.9 Å². The summed E-state index contributed by atoms with van der Waals surface area (Å²) in [6.07, 6.45) is 1.92. The van der Waals surface area contributed by atoms with Crippen molar-refractivity contribution in [3.63, 3.8) is 0 Å². The molecule has 2 unspecified atom stereocenters. The van der Waals surface area contributed by atoms with Crippen LogP contribution in [0.25, 0.3) is 0 Å². The molecule has 0 bridgehead atoms. The first-order valence-electron chi connectivity index (χ1n) is 9.80. The molecule has 27 heavy (non-hydrogen) atoms. The third kappa shape index (κ3) is 6.65. The summed E-state index contributed by atoms with van der Waals surface area (Å²) in [4.78, 5) is 23.9. The van der Waals surface area contributed by atoms with Crippen LogP contribution in [0.3, 0.4) is 0 Å². The zero-order valence-electron chi connectivity index (χ0n) is 17.2. The highest BCUT2D eigenvalue weighted by Crippen LogP contribution is 2.20. The molecule has 150 valence electrons. The van der Waals surface area contributed by atoms with Crippen molar-refractivity contribution < 1.29 is 23.8 Å². The van der Waals surface area contributed by atoms with Crippen LogP contribution in [0, 0.1) is 26.7 Å². The third-order valence-electron chi connectivity index (χ3n) is 4.92. The Bertz CT molecular complexity index is 642. The molecule has 0 amide bonds. The predicted octanol–water partition coefficient (Wildman–Crippen LogP) is 3.83. The summed E-state index contributed by atoms with van der Waals surface area (Å²) in [7, 11) is 0. The fourth-order valence-electron chi connectivity index (χ4n) is 3.46. The van der Waals surface area contributed by atoms with E-state index in [0.717, 1.165) is 0 Å². The van der Waals surface area contributed by atoms with Crippen molar-refractivity contribution >= 4 is 11.9 Å². The number of benzene rings is 1. The lowest BCUT2D eigenvalue weighted by Crippen LogP contribution is -2.36. The summed E-state index contributed by atoms with van der Waals surface area (Å²) in [5.74, 6) is -0.557. The van der Waals surface area contributed by atoms with Gasteiger partial charge in [0.15, 0.2) is 0 Å². The summed E-state index contributed by atoms with van der Waals surface area (Å²) in [6.45, 7) is 10.6. The Labute approximate surface area is 162 Å². The molecule has 0 radical (unpaired) electrons. The summed E-state index contributed by atoms with van der Waals surface area (Å²) in [5, 5.41) is 0. The molecule has 5 heteroatoms. The fraction of sp³-hybridized carbons (Fsp3) is 0.636. The van der Waals surface area contributed by atoms with Crippen molar-refractivity contribution in [1.29, 1.82) is 0 Å². The summed E-state index contributed by atoms with van der Waals surface area (Å²) >= 11 is 0. The molecule has 0 spiro atoms. The molecule has 1 fully saturated rings. The van der Waals surface area contributed by atoms with Crippen molar-refractivity contribution in [2.24, 2.45) is 5.92 Å². The van der Waals surface area contributed by atoms with Crippen LogP contribution < -0.4 is 0 Å². The van der Waals surface area contributed by atoms with Gasteiger partial charge >= 0.3 is 11.9 Å². The van der Waals surface area contributed by atoms with Crippen LogP contribution in [-0.4, -0.2) is 37.4 Å². The van der Waals surface area contributed by atoms with Gasteiger partial charge in [-0.1, -0.05) is 31.5 Å². The highest BCUT2D eigenvalue weighted by molar-refractivity contribution is 5.71. The van der Waals surface area contributed by atoms with E-state index in [-0.39, 0.29) is 36.7 Å². The summed E-state index contributed by atoms with van der Waals surface area (Å²) in [5.41, 5.74) is 4.88. The van der Waals surface area contributed by atoms with Crippen LogP contribution in [0.1, 0.15) is 55.4 Å².